The van der Waals surface area contributed by atoms with E-state index in [0.717, 1.165) is 18.8 Å². The van der Waals surface area contributed by atoms with E-state index < -0.39 is 0 Å². The predicted molar refractivity (Wildman–Crippen MR) is 86.4 cm³/mol. The molecule has 0 N–H and O–H groups in total. The van der Waals surface area contributed by atoms with Crippen LogP contribution in [0.15, 0.2) is 45.6 Å². The summed E-state index contributed by atoms with van der Waals surface area (Å²) in [5.41, 5.74) is 2.15. The average Bonchev–Trinajstić information content (AvgIpc) is 3.02. The van der Waals surface area contributed by atoms with Crippen molar-refractivity contribution in [3.05, 3.63) is 51.6 Å². The Morgan fingerprint density at radius 3 is 2.67 bits per heavy atom. The first-order chi connectivity index (χ1) is 10.2. The second-order valence-corrected chi connectivity index (χ2v) is 5.83. The van der Waals surface area contributed by atoms with Gasteiger partial charge >= 0.3 is 0 Å². The summed E-state index contributed by atoms with van der Waals surface area (Å²) in [6.45, 7) is 2.12. The summed E-state index contributed by atoms with van der Waals surface area (Å²) in [4.78, 5) is 14.9. The Hall–Kier alpha value is -2.00. The quantitative estimate of drug-likeness (QED) is 0.631. The molecule has 1 saturated heterocycles. The molecule has 1 aromatic heterocycles. The number of para-hydroxylation sites is 1. The van der Waals surface area contributed by atoms with Crippen LogP contribution in [0.5, 0.6) is 0 Å². The summed E-state index contributed by atoms with van der Waals surface area (Å²) in [6.07, 6.45) is 2.43. The monoisotopic (exact) mass is 299 g/mol. The fourth-order valence-corrected chi connectivity index (χ4v) is 3.21. The van der Waals surface area contributed by atoms with Gasteiger partial charge in [-0.05, 0) is 37.1 Å². The van der Waals surface area contributed by atoms with Gasteiger partial charge in [0.15, 0.2) is 5.58 Å². The van der Waals surface area contributed by atoms with Crippen LogP contribution in [0.3, 0.4) is 0 Å². The topological polar surface area (TPSA) is 33.5 Å². The zero-order chi connectivity index (χ0) is 14.4. The van der Waals surface area contributed by atoms with Gasteiger partial charge in [0.25, 0.3) is 0 Å². The lowest BCUT2D eigenvalue weighted by atomic mass is 10.1. The van der Waals surface area contributed by atoms with E-state index >= 15 is 0 Å². The fourth-order valence-electron chi connectivity index (χ4n) is 3.00. The minimum Gasteiger partial charge on any atom is -0.454 e. The van der Waals surface area contributed by atoms with Gasteiger partial charge < -0.3 is 9.32 Å². The smallest absolute Gasteiger partial charge is 0.200 e. The largest absolute Gasteiger partial charge is 0.454 e. The van der Waals surface area contributed by atoms with Crippen molar-refractivity contribution in [1.82, 2.24) is 0 Å². The van der Waals surface area contributed by atoms with Crippen LogP contribution in [0.25, 0.3) is 21.9 Å². The molecule has 0 spiro atoms. The molecular weight excluding hydrogens is 286 g/mol. The van der Waals surface area contributed by atoms with Crippen molar-refractivity contribution in [3.63, 3.8) is 0 Å². The summed E-state index contributed by atoms with van der Waals surface area (Å²) in [6, 6.07) is 11.1. The summed E-state index contributed by atoms with van der Waals surface area (Å²) < 4.78 is 5.90. The highest BCUT2D eigenvalue weighted by Crippen LogP contribution is 2.28. The van der Waals surface area contributed by atoms with Crippen LogP contribution in [0.4, 0.5) is 5.69 Å². The van der Waals surface area contributed by atoms with Crippen molar-refractivity contribution in [2.24, 2.45) is 0 Å². The maximum atomic E-state index is 12.5. The van der Waals surface area contributed by atoms with E-state index in [1.165, 1.54) is 12.8 Å². The van der Waals surface area contributed by atoms with Crippen LogP contribution in [-0.2, 0) is 0 Å². The Balaban J connectivity index is 2.00. The summed E-state index contributed by atoms with van der Waals surface area (Å²) in [5.74, 6) is 0. The molecule has 0 radical (unpaired) electrons. The standard InChI is InChI=1S/C17H14ClNO2/c18-14-5-3-4-13-16(20)12-7-6-11(19-8-1-2-9-19)10-15(12)21-17(13)14/h3-7,10H,1-2,8-9H2. The third kappa shape index (κ3) is 2.00. The highest BCUT2D eigenvalue weighted by atomic mass is 35.5. The van der Waals surface area contributed by atoms with E-state index in [-0.39, 0.29) is 5.43 Å². The van der Waals surface area contributed by atoms with E-state index in [1.54, 1.807) is 18.2 Å². The van der Waals surface area contributed by atoms with Gasteiger partial charge in [-0.2, -0.15) is 0 Å². The first kappa shape index (κ1) is 12.7. The highest BCUT2D eigenvalue weighted by molar-refractivity contribution is 6.34. The van der Waals surface area contributed by atoms with Gasteiger partial charge in [0, 0.05) is 24.8 Å². The van der Waals surface area contributed by atoms with Gasteiger partial charge in [-0.25, -0.2) is 0 Å². The summed E-state index contributed by atoms with van der Waals surface area (Å²) in [7, 11) is 0. The zero-order valence-corrected chi connectivity index (χ0v) is 12.2. The zero-order valence-electron chi connectivity index (χ0n) is 11.4. The molecule has 1 aliphatic rings. The van der Waals surface area contributed by atoms with E-state index in [0.29, 0.717) is 27.0 Å². The van der Waals surface area contributed by atoms with E-state index in [9.17, 15) is 4.79 Å². The van der Waals surface area contributed by atoms with E-state index in [2.05, 4.69) is 4.90 Å². The predicted octanol–water partition coefficient (Wildman–Crippen LogP) is 4.20. The van der Waals surface area contributed by atoms with Crippen molar-refractivity contribution in [3.8, 4) is 0 Å². The maximum absolute atomic E-state index is 12.5. The highest BCUT2D eigenvalue weighted by Gasteiger charge is 2.15. The number of rotatable bonds is 1. The molecule has 1 fully saturated rings. The van der Waals surface area contributed by atoms with Crippen molar-refractivity contribution >= 4 is 39.2 Å². The Bertz CT molecular complexity index is 894. The lowest BCUT2D eigenvalue weighted by Gasteiger charge is -2.17. The van der Waals surface area contributed by atoms with Gasteiger partial charge in [0.2, 0.25) is 5.43 Å². The van der Waals surface area contributed by atoms with Crippen LogP contribution < -0.4 is 10.3 Å². The van der Waals surface area contributed by atoms with Gasteiger partial charge in [-0.3, -0.25) is 4.79 Å². The number of fused-ring (bicyclic) bond motifs is 2. The lowest BCUT2D eigenvalue weighted by Crippen LogP contribution is -2.17. The molecule has 3 nitrogen and oxygen atoms in total. The molecule has 0 bridgehead atoms. The molecule has 0 aliphatic carbocycles. The summed E-state index contributed by atoms with van der Waals surface area (Å²) in [5, 5.41) is 1.61. The van der Waals surface area contributed by atoms with E-state index in [4.69, 9.17) is 16.0 Å². The fraction of sp³-hybridized carbons (Fsp3) is 0.235. The number of hydrogen-bond donors (Lipinski definition) is 0. The van der Waals surface area contributed by atoms with Crippen molar-refractivity contribution < 1.29 is 4.42 Å². The average molecular weight is 300 g/mol. The van der Waals surface area contributed by atoms with Gasteiger partial charge in [0.05, 0.1) is 15.8 Å². The number of anilines is 1. The van der Waals surface area contributed by atoms with Gasteiger partial charge in [0.1, 0.15) is 5.58 Å². The van der Waals surface area contributed by atoms with Crippen molar-refractivity contribution in [2.45, 2.75) is 12.8 Å². The van der Waals surface area contributed by atoms with Gasteiger partial charge in [-0.1, -0.05) is 17.7 Å². The molecule has 0 unspecified atom stereocenters. The molecule has 21 heavy (non-hydrogen) atoms. The molecule has 4 rings (SSSR count). The Kier molecular flexibility index (Phi) is 2.89. The minimum atomic E-state index is -0.0262. The van der Waals surface area contributed by atoms with Gasteiger partial charge in [-0.15, -0.1) is 0 Å². The summed E-state index contributed by atoms with van der Waals surface area (Å²) >= 11 is 6.15. The molecule has 0 saturated carbocycles. The third-order valence-corrected chi connectivity index (χ3v) is 4.40. The number of halogens is 1. The number of hydrogen-bond acceptors (Lipinski definition) is 3. The molecule has 2 aromatic carbocycles. The number of nitrogens with zero attached hydrogens (tertiary/aromatic N) is 1. The minimum absolute atomic E-state index is 0.0262. The second kappa shape index (κ2) is 4.78. The molecule has 3 aromatic rings. The van der Waals surface area contributed by atoms with Crippen molar-refractivity contribution in [2.75, 3.05) is 18.0 Å². The van der Waals surface area contributed by atoms with E-state index in [1.807, 2.05) is 18.2 Å². The molecular formula is C17H14ClNO2. The number of benzene rings is 2. The Morgan fingerprint density at radius 1 is 1.05 bits per heavy atom. The lowest BCUT2D eigenvalue weighted by molar-refractivity contribution is 0.660. The van der Waals surface area contributed by atoms with Crippen LogP contribution >= 0.6 is 11.6 Å². The van der Waals surface area contributed by atoms with Crippen LogP contribution in [0.2, 0.25) is 5.02 Å². The molecule has 1 aliphatic heterocycles. The molecule has 2 heterocycles. The van der Waals surface area contributed by atoms with Crippen LogP contribution in [0, 0.1) is 0 Å². The first-order valence-corrected chi connectivity index (χ1v) is 7.52. The van der Waals surface area contributed by atoms with Crippen LogP contribution in [-0.4, -0.2) is 13.1 Å². The SMILES string of the molecule is O=c1c2ccc(N3CCCC3)cc2oc2c(Cl)cccc12. The molecule has 0 atom stereocenters. The maximum Gasteiger partial charge on any atom is 0.200 e. The van der Waals surface area contributed by atoms with Crippen LogP contribution in [0.1, 0.15) is 12.8 Å². The third-order valence-electron chi connectivity index (χ3n) is 4.10. The normalized spacial score (nSPS) is 15.2. The molecule has 106 valence electrons. The Labute approximate surface area is 126 Å². The second-order valence-electron chi connectivity index (χ2n) is 5.42. The molecule has 0 amide bonds. The van der Waals surface area contributed by atoms with Crippen molar-refractivity contribution in [1.29, 1.82) is 0 Å². The molecule has 4 heteroatoms. The first-order valence-electron chi connectivity index (χ1n) is 7.14. The Morgan fingerprint density at radius 2 is 1.86 bits per heavy atom.